The molecule has 0 radical (unpaired) electrons. The molecule has 1 N–H and O–H groups in total. The first kappa shape index (κ1) is 11.0. The Labute approximate surface area is 82.0 Å². The molecule has 0 amide bonds. The van der Waals surface area contributed by atoms with Crippen LogP contribution in [0.1, 0.15) is 39.5 Å². The zero-order valence-corrected chi connectivity index (χ0v) is 9.01. The summed E-state index contributed by atoms with van der Waals surface area (Å²) in [5, 5.41) is 3.60. The zero-order valence-electron chi connectivity index (χ0n) is 9.01. The van der Waals surface area contributed by atoms with Gasteiger partial charge in [-0.3, -0.25) is 0 Å². The maximum atomic E-state index is 5.38. The fourth-order valence-electron chi connectivity index (χ4n) is 2.20. The summed E-state index contributed by atoms with van der Waals surface area (Å²) in [6, 6.07) is 0.735. The van der Waals surface area contributed by atoms with Crippen LogP contribution in [0.15, 0.2) is 0 Å². The molecule has 1 aliphatic rings. The number of hydrogen-bond donors (Lipinski definition) is 1. The predicted octanol–water partition coefficient (Wildman–Crippen LogP) is 2.19. The highest BCUT2D eigenvalue weighted by molar-refractivity contribution is 4.77. The molecule has 0 saturated carbocycles. The van der Waals surface area contributed by atoms with Gasteiger partial charge in [-0.2, -0.15) is 0 Å². The monoisotopic (exact) mass is 185 g/mol. The largest absolute Gasteiger partial charge is 0.381 e. The SMILES string of the molecule is CCCC(NCC)C1CCOCC1. The van der Waals surface area contributed by atoms with E-state index in [-0.39, 0.29) is 0 Å². The van der Waals surface area contributed by atoms with Crippen molar-refractivity contribution in [3.63, 3.8) is 0 Å². The molecule has 1 rings (SSSR count). The summed E-state index contributed by atoms with van der Waals surface area (Å²) >= 11 is 0. The van der Waals surface area contributed by atoms with Crippen LogP contribution in [-0.2, 0) is 4.74 Å². The van der Waals surface area contributed by atoms with Crippen LogP contribution >= 0.6 is 0 Å². The third-order valence-electron chi connectivity index (χ3n) is 2.90. The van der Waals surface area contributed by atoms with Gasteiger partial charge in [0, 0.05) is 19.3 Å². The molecule has 1 heterocycles. The van der Waals surface area contributed by atoms with E-state index in [0.29, 0.717) is 0 Å². The van der Waals surface area contributed by atoms with Gasteiger partial charge < -0.3 is 10.1 Å². The lowest BCUT2D eigenvalue weighted by molar-refractivity contribution is 0.0527. The molecular formula is C11H23NO. The molecule has 1 aliphatic heterocycles. The molecule has 0 spiro atoms. The third kappa shape index (κ3) is 3.65. The Morgan fingerprint density at radius 1 is 1.31 bits per heavy atom. The lowest BCUT2D eigenvalue weighted by Crippen LogP contribution is -2.38. The average molecular weight is 185 g/mol. The van der Waals surface area contributed by atoms with Gasteiger partial charge in [-0.05, 0) is 31.7 Å². The van der Waals surface area contributed by atoms with Crippen LogP contribution in [0.5, 0.6) is 0 Å². The van der Waals surface area contributed by atoms with E-state index >= 15 is 0 Å². The molecule has 0 aromatic carbocycles. The fourth-order valence-corrected chi connectivity index (χ4v) is 2.20. The normalized spacial score (nSPS) is 21.7. The van der Waals surface area contributed by atoms with Gasteiger partial charge in [0.1, 0.15) is 0 Å². The lowest BCUT2D eigenvalue weighted by Gasteiger charge is -2.30. The molecule has 0 bridgehead atoms. The van der Waals surface area contributed by atoms with E-state index in [4.69, 9.17) is 4.74 Å². The molecule has 2 heteroatoms. The van der Waals surface area contributed by atoms with Gasteiger partial charge in [0.05, 0.1) is 0 Å². The fraction of sp³-hybridized carbons (Fsp3) is 1.00. The van der Waals surface area contributed by atoms with E-state index in [0.717, 1.165) is 31.7 Å². The van der Waals surface area contributed by atoms with Gasteiger partial charge in [0.25, 0.3) is 0 Å². The molecule has 78 valence electrons. The Bertz CT molecular complexity index is 115. The molecule has 2 nitrogen and oxygen atoms in total. The van der Waals surface area contributed by atoms with Crippen LogP contribution in [0.3, 0.4) is 0 Å². The van der Waals surface area contributed by atoms with Crippen molar-refractivity contribution in [2.24, 2.45) is 5.92 Å². The predicted molar refractivity (Wildman–Crippen MR) is 55.9 cm³/mol. The summed E-state index contributed by atoms with van der Waals surface area (Å²) in [7, 11) is 0. The second kappa shape index (κ2) is 6.39. The molecule has 13 heavy (non-hydrogen) atoms. The smallest absolute Gasteiger partial charge is 0.0469 e. The van der Waals surface area contributed by atoms with E-state index in [1.165, 1.54) is 25.7 Å². The van der Waals surface area contributed by atoms with Crippen molar-refractivity contribution in [3.05, 3.63) is 0 Å². The standard InChI is InChI=1S/C11H23NO/c1-3-5-11(12-4-2)10-6-8-13-9-7-10/h10-12H,3-9H2,1-2H3. The van der Waals surface area contributed by atoms with Crippen molar-refractivity contribution in [2.75, 3.05) is 19.8 Å². The lowest BCUT2D eigenvalue weighted by atomic mass is 9.89. The topological polar surface area (TPSA) is 21.3 Å². The van der Waals surface area contributed by atoms with Gasteiger partial charge in [-0.1, -0.05) is 20.3 Å². The van der Waals surface area contributed by atoms with E-state index in [9.17, 15) is 0 Å². The minimum Gasteiger partial charge on any atom is -0.381 e. The van der Waals surface area contributed by atoms with Gasteiger partial charge in [-0.25, -0.2) is 0 Å². The van der Waals surface area contributed by atoms with Crippen molar-refractivity contribution in [2.45, 2.75) is 45.6 Å². The number of ether oxygens (including phenoxy) is 1. The van der Waals surface area contributed by atoms with E-state index in [2.05, 4.69) is 19.2 Å². The highest BCUT2D eigenvalue weighted by Gasteiger charge is 2.22. The summed E-state index contributed by atoms with van der Waals surface area (Å²) in [6.45, 7) is 7.50. The Morgan fingerprint density at radius 2 is 2.00 bits per heavy atom. The molecule has 1 unspecified atom stereocenters. The average Bonchev–Trinajstić information content (AvgIpc) is 2.19. The minimum absolute atomic E-state index is 0.735. The number of hydrogen-bond acceptors (Lipinski definition) is 2. The van der Waals surface area contributed by atoms with Crippen LogP contribution < -0.4 is 5.32 Å². The van der Waals surface area contributed by atoms with Crippen LogP contribution in [0.2, 0.25) is 0 Å². The Morgan fingerprint density at radius 3 is 2.54 bits per heavy atom. The summed E-state index contributed by atoms with van der Waals surface area (Å²) in [5.74, 6) is 0.855. The van der Waals surface area contributed by atoms with Gasteiger partial charge >= 0.3 is 0 Å². The first-order chi connectivity index (χ1) is 6.38. The second-order valence-electron chi connectivity index (χ2n) is 3.90. The first-order valence-electron chi connectivity index (χ1n) is 5.69. The second-order valence-corrected chi connectivity index (χ2v) is 3.90. The quantitative estimate of drug-likeness (QED) is 0.709. The van der Waals surface area contributed by atoms with Crippen LogP contribution in [-0.4, -0.2) is 25.8 Å². The Balaban J connectivity index is 2.32. The van der Waals surface area contributed by atoms with Crippen molar-refractivity contribution < 1.29 is 4.74 Å². The molecular weight excluding hydrogens is 162 g/mol. The molecule has 1 saturated heterocycles. The molecule has 0 aromatic rings. The van der Waals surface area contributed by atoms with Crippen molar-refractivity contribution in [1.82, 2.24) is 5.32 Å². The maximum Gasteiger partial charge on any atom is 0.0469 e. The molecule has 1 fully saturated rings. The Kier molecular flexibility index (Phi) is 5.40. The van der Waals surface area contributed by atoms with Gasteiger partial charge in [0.2, 0.25) is 0 Å². The summed E-state index contributed by atoms with van der Waals surface area (Å²) in [6.07, 6.45) is 5.10. The molecule has 0 aliphatic carbocycles. The van der Waals surface area contributed by atoms with Gasteiger partial charge in [-0.15, -0.1) is 0 Å². The van der Waals surface area contributed by atoms with Gasteiger partial charge in [0.15, 0.2) is 0 Å². The minimum atomic E-state index is 0.735. The highest BCUT2D eigenvalue weighted by atomic mass is 16.5. The summed E-state index contributed by atoms with van der Waals surface area (Å²) in [4.78, 5) is 0. The maximum absolute atomic E-state index is 5.38. The number of nitrogens with one attached hydrogen (secondary N) is 1. The first-order valence-corrected chi connectivity index (χ1v) is 5.69. The zero-order chi connectivity index (χ0) is 9.52. The van der Waals surface area contributed by atoms with Crippen molar-refractivity contribution in [3.8, 4) is 0 Å². The molecule has 0 aromatic heterocycles. The number of rotatable bonds is 5. The summed E-state index contributed by atoms with van der Waals surface area (Å²) in [5.41, 5.74) is 0. The Hall–Kier alpha value is -0.0800. The van der Waals surface area contributed by atoms with Crippen LogP contribution in [0.4, 0.5) is 0 Å². The van der Waals surface area contributed by atoms with Crippen molar-refractivity contribution in [1.29, 1.82) is 0 Å². The highest BCUT2D eigenvalue weighted by Crippen LogP contribution is 2.21. The van der Waals surface area contributed by atoms with Crippen molar-refractivity contribution >= 4 is 0 Å². The third-order valence-corrected chi connectivity index (χ3v) is 2.90. The van der Waals surface area contributed by atoms with Crippen LogP contribution in [0, 0.1) is 5.92 Å². The summed E-state index contributed by atoms with van der Waals surface area (Å²) < 4.78 is 5.38. The molecule has 1 atom stereocenters. The van der Waals surface area contributed by atoms with E-state index in [1.807, 2.05) is 0 Å². The van der Waals surface area contributed by atoms with Crippen LogP contribution in [0.25, 0.3) is 0 Å². The van der Waals surface area contributed by atoms with E-state index in [1.54, 1.807) is 0 Å². The van der Waals surface area contributed by atoms with E-state index < -0.39 is 0 Å².